The Morgan fingerprint density at radius 1 is 1.40 bits per heavy atom. The number of hydrogen-bond donors (Lipinski definition) is 1. The Kier molecular flexibility index (Phi) is 7.22. The van der Waals surface area contributed by atoms with E-state index in [1.54, 1.807) is 4.68 Å². The standard InChI is InChI=1S/C14H27N5O/c1-4-8-12(15)13-11-19(17-16-13)10-7-9-14(20)18(5-2)6-3/h11-12H,4-10,15H2,1-3H3. The van der Waals surface area contributed by atoms with Crippen molar-refractivity contribution < 1.29 is 4.79 Å². The SMILES string of the molecule is CCCC(N)c1cn(CCCC(=O)N(CC)CC)nn1. The zero-order valence-corrected chi connectivity index (χ0v) is 12.9. The first-order valence-electron chi connectivity index (χ1n) is 7.55. The second kappa shape index (κ2) is 8.68. The van der Waals surface area contributed by atoms with Crippen LogP contribution in [0.25, 0.3) is 0 Å². The van der Waals surface area contributed by atoms with Crippen molar-refractivity contribution >= 4 is 5.91 Å². The van der Waals surface area contributed by atoms with Crippen LogP contribution in [0.2, 0.25) is 0 Å². The minimum atomic E-state index is -0.0361. The third-order valence-electron chi connectivity index (χ3n) is 3.43. The van der Waals surface area contributed by atoms with Gasteiger partial charge in [-0.1, -0.05) is 18.6 Å². The van der Waals surface area contributed by atoms with Crippen molar-refractivity contribution in [1.82, 2.24) is 19.9 Å². The maximum atomic E-state index is 11.9. The smallest absolute Gasteiger partial charge is 0.222 e. The molecule has 1 unspecified atom stereocenters. The van der Waals surface area contributed by atoms with E-state index >= 15 is 0 Å². The van der Waals surface area contributed by atoms with E-state index in [2.05, 4.69) is 17.2 Å². The van der Waals surface area contributed by atoms with Gasteiger partial charge in [-0.15, -0.1) is 5.10 Å². The molecule has 114 valence electrons. The number of nitrogens with zero attached hydrogens (tertiary/aromatic N) is 4. The Bertz CT molecular complexity index is 400. The molecule has 6 nitrogen and oxygen atoms in total. The third kappa shape index (κ3) is 4.92. The van der Waals surface area contributed by atoms with Crippen molar-refractivity contribution in [1.29, 1.82) is 0 Å². The highest BCUT2D eigenvalue weighted by atomic mass is 16.2. The van der Waals surface area contributed by atoms with E-state index in [1.165, 1.54) is 0 Å². The zero-order valence-electron chi connectivity index (χ0n) is 12.9. The van der Waals surface area contributed by atoms with Gasteiger partial charge in [0.25, 0.3) is 0 Å². The van der Waals surface area contributed by atoms with Crippen molar-refractivity contribution in [3.8, 4) is 0 Å². The van der Waals surface area contributed by atoms with E-state index in [4.69, 9.17) is 5.73 Å². The number of nitrogens with two attached hydrogens (primary N) is 1. The van der Waals surface area contributed by atoms with Crippen LogP contribution in [0, 0.1) is 0 Å². The molecule has 1 atom stereocenters. The molecule has 0 fully saturated rings. The number of hydrogen-bond acceptors (Lipinski definition) is 4. The van der Waals surface area contributed by atoms with Crippen molar-refractivity contribution in [3.05, 3.63) is 11.9 Å². The molecule has 0 saturated carbocycles. The molecule has 20 heavy (non-hydrogen) atoms. The molecule has 0 spiro atoms. The van der Waals surface area contributed by atoms with Crippen molar-refractivity contribution in [2.45, 2.75) is 59.0 Å². The third-order valence-corrected chi connectivity index (χ3v) is 3.43. The van der Waals surface area contributed by atoms with Gasteiger partial charge in [-0.2, -0.15) is 0 Å². The predicted molar refractivity (Wildman–Crippen MR) is 79.0 cm³/mol. The number of amides is 1. The van der Waals surface area contributed by atoms with Gasteiger partial charge >= 0.3 is 0 Å². The molecule has 1 rings (SSSR count). The molecule has 0 radical (unpaired) electrons. The highest BCUT2D eigenvalue weighted by molar-refractivity contribution is 5.75. The zero-order chi connectivity index (χ0) is 15.0. The molecule has 0 aromatic carbocycles. The van der Waals surface area contributed by atoms with Crippen LogP contribution in [0.3, 0.4) is 0 Å². The van der Waals surface area contributed by atoms with Gasteiger partial charge < -0.3 is 10.6 Å². The Labute approximate surface area is 121 Å². The average molecular weight is 281 g/mol. The second-order valence-corrected chi connectivity index (χ2v) is 4.97. The molecule has 0 aliphatic heterocycles. The molecule has 0 saturated heterocycles. The molecular weight excluding hydrogens is 254 g/mol. The number of carbonyl (C=O) groups excluding carboxylic acids is 1. The summed E-state index contributed by atoms with van der Waals surface area (Å²) >= 11 is 0. The maximum Gasteiger partial charge on any atom is 0.222 e. The van der Waals surface area contributed by atoms with Crippen LogP contribution >= 0.6 is 0 Å². The summed E-state index contributed by atoms with van der Waals surface area (Å²) in [5.74, 6) is 0.207. The number of aryl methyl sites for hydroxylation is 1. The first kappa shape index (κ1) is 16.6. The first-order valence-corrected chi connectivity index (χ1v) is 7.55. The molecule has 1 aromatic rings. The topological polar surface area (TPSA) is 77.0 Å². The lowest BCUT2D eigenvalue weighted by Crippen LogP contribution is -2.30. The fourth-order valence-corrected chi connectivity index (χ4v) is 2.18. The van der Waals surface area contributed by atoms with Crippen LogP contribution in [-0.4, -0.2) is 38.9 Å². The van der Waals surface area contributed by atoms with Gasteiger partial charge in [0.15, 0.2) is 0 Å². The van der Waals surface area contributed by atoms with Crippen LogP contribution in [0.1, 0.15) is 58.2 Å². The fourth-order valence-electron chi connectivity index (χ4n) is 2.18. The largest absolute Gasteiger partial charge is 0.343 e. The Hall–Kier alpha value is -1.43. The highest BCUT2D eigenvalue weighted by Gasteiger charge is 2.11. The van der Waals surface area contributed by atoms with Gasteiger partial charge in [0.1, 0.15) is 0 Å². The summed E-state index contributed by atoms with van der Waals surface area (Å²) in [4.78, 5) is 13.7. The lowest BCUT2D eigenvalue weighted by molar-refractivity contribution is -0.130. The van der Waals surface area contributed by atoms with Crippen LogP contribution < -0.4 is 5.73 Å². The summed E-state index contributed by atoms with van der Waals surface area (Å²) in [5.41, 5.74) is 6.83. The van der Waals surface area contributed by atoms with E-state index in [9.17, 15) is 4.79 Å². The molecule has 6 heteroatoms. The Morgan fingerprint density at radius 3 is 2.70 bits per heavy atom. The molecule has 1 heterocycles. The molecule has 2 N–H and O–H groups in total. The lowest BCUT2D eigenvalue weighted by Gasteiger charge is -2.18. The normalized spacial score (nSPS) is 12.4. The van der Waals surface area contributed by atoms with Crippen LogP contribution in [0.15, 0.2) is 6.20 Å². The summed E-state index contributed by atoms with van der Waals surface area (Å²) in [6, 6.07) is -0.0361. The minimum absolute atomic E-state index is 0.0361. The van der Waals surface area contributed by atoms with Crippen molar-refractivity contribution in [3.63, 3.8) is 0 Å². The van der Waals surface area contributed by atoms with Gasteiger partial charge in [0.2, 0.25) is 5.91 Å². The molecule has 1 aromatic heterocycles. The maximum absolute atomic E-state index is 11.9. The quantitative estimate of drug-likeness (QED) is 0.747. The van der Waals surface area contributed by atoms with E-state index < -0.39 is 0 Å². The van der Waals surface area contributed by atoms with Crippen molar-refractivity contribution in [2.75, 3.05) is 13.1 Å². The molecule has 1 amide bonds. The molecule has 0 bridgehead atoms. The minimum Gasteiger partial charge on any atom is -0.343 e. The summed E-state index contributed by atoms with van der Waals surface area (Å²) in [6.07, 6.45) is 5.17. The summed E-state index contributed by atoms with van der Waals surface area (Å²) < 4.78 is 1.78. The van der Waals surface area contributed by atoms with E-state index in [-0.39, 0.29) is 11.9 Å². The van der Waals surface area contributed by atoms with Crippen LogP contribution in [-0.2, 0) is 11.3 Å². The Balaban J connectivity index is 2.37. The second-order valence-electron chi connectivity index (χ2n) is 4.97. The molecule has 0 aliphatic carbocycles. The van der Waals surface area contributed by atoms with Crippen molar-refractivity contribution in [2.24, 2.45) is 5.73 Å². The first-order chi connectivity index (χ1) is 9.62. The summed E-state index contributed by atoms with van der Waals surface area (Å²) in [5, 5.41) is 8.16. The van der Waals surface area contributed by atoms with Gasteiger partial charge in [-0.05, 0) is 26.7 Å². The summed E-state index contributed by atoms with van der Waals surface area (Å²) in [7, 11) is 0. The van der Waals surface area contributed by atoms with E-state index in [0.29, 0.717) is 13.0 Å². The van der Waals surface area contributed by atoms with Gasteiger partial charge in [-0.25, -0.2) is 0 Å². The number of rotatable bonds is 9. The number of carbonyl (C=O) groups is 1. The highest BCUT2D eigenvalue weighted by Crippen LogP contribution is 2.12. The van der Waals surface area contributed by atoms with Gasteiger partial charge in [0, 0.05) is 26.1 Å². The summed E-state index contributed by atoms with van der Waals surface area (Å²) in [6.45, 7) is 8.35. The van der Waals surface area contributed by atoms with Gasteiger partial charge in [-0.3, -0.25) is 9.48 Å². The molecular formula is C14H27N5O. The van der Waals surface area contributed by atoms with E-state index in [1.807, 2.05) is 24.9 Å². The fraction of sp³-hybridized carbons (Fsp3) is 0.786. The van der Waals surface area contributed by atoms with Crippen LogP contribution in [0.5, 0.6) is 0 Å². The lowest BCUT2D eigenvalue weighted by atomic mass is 10.1. The number of aromatic nitrogens is 3. The monoisotopic (exact) mass is 281 g/mol. The van der Waals surface area contributed by atoms with Crippen LogP contribution in [0.4, 0.5) is 0 Å². The average Bonchev–Trinajstić information content (AvgIpc) is 2.89. The Morgan fingerprint density at radius 2 is 2.10 bits per heavy atom. The molecule has 0 aliphatic rings. The van der Waals surface area contributed by atoms with E-state index in [0.717, 1.165) is 38.0 Å². The predicted octanol–water partition coefficient (Wildman–Crippen LogP) is 1.73. The van der Waals surface area contributed by atoms with Gasteiger partial charge in [0.05, 0.1) is 17.9 Å².